The molecule has 2 rings (SSSR count). The molecule has 0 unspecified atom stereocenters. The summed E-state index contributed by atoms with van der Waals surface area (Å²) in [5.41, 5.74) is 0. The highest BCUT2D eigenvalue weighted by Gasteiger charge is 2.25. The molecule has 6 heteroatoms. The van der Waals surface area contributed by atoms with Gasteiger partial charge in [0.15, 0.2) is 0 Å². The van der Waals surface area contributed by atoms with Gasteiger partial charge in [-0.05, 0) is 28.1 Å². The summed E-state index contributed by atoms with van der Waals surface area (Å²) in [6.45, 7) is 1.85. The molecule has 1 saturated heterocycles. The number of carbonyl (C=O) groups excluding carboxylic acids is 1. The number of halogens is 2. The Morgan fingerprint density at radius 2 is 2.31 bits per heavy atom. The minimum absolute atomic E-state index is 0. The van der Waals surface area contributed by atoms with Crippen LogP contribution in [-0.4, -0.2) is 37.0 Å². The molecule has 90 valence electrons. The minimum atomic E-state index is 0. The molecule has 0 saturated carbocycles. The van der Waals surface area contributed by atoms with Gasteiger partial charge in [-0.25, -0.2) is 0 Å². The molecule has 0 aromatic carbocycles. The fourth-order valence-electron chi connectivity index (χ4n) is 1.47. The number of amides is 1. The lowest BCUT2D eigenvalue weighted by Gasteiger charge is -2.35. The highest BCUT2D eigenvalue weighted by Crippen LogP contribution is 2.23. The van der Waals surface area contributed by atoms with Crippen LogP contribution in [0.4, 0.5) is 0 Å². The average Bonchev–Trinajstić information content (AvgIpc) is 2.48. The minimum Gasteiger partial charge on any atom is -0.340 e. The van der Waals surface area contributed by atoms with E-state index < -0.39 is 0 Å². The van der Waals surface area contributed by atoms with Gasteiger partial charge < -0.3 is 10.2 Å². The zero-order valence-corrected chi connectivity index (χ0v) is 12.1. The molecule has 0 bridgehead atoms. The number of carbonyl (C=O) groups is 1. The molecule has 0 aliphatic carbocycles. The third-order valence-corrected chi connectivity index (χ3v) is 4.28. The summed E-state index contributed by atoms with van der Waals surface area (Å²) < 4.78 is 1.08. The first-order valence-corrected chi connectivity index (χ1v) is 6.48. The Balaban J connectivity index is 0.00000128. The van der Waals surface area contributed by atoms with Crippen LogP contribution in [0.1, 0.15) is 4.88 Å². The Labute approximate surface area is 114 Å². The molecule has 1 aliphatic heterocycles. The summed E-state index contributed by atoms with van der Waals surface area (Å²) in [6, 6.07) is 4.37. The molecule has 1 aromatic heterocycles. The molecule has 0 atom stereocenters. The maximum Gasteiger partial charge on any atom is 0.227 e. The molecule has 1 N–H and O–H groups in total. The van der Waals surface area contributed by atoms with Crippen LogP contribution in [0, 0.1) is 0 Å². The Bertz CT molecular complexity index is 367. The number of hydrogen-bond donors (Lipinski definition) is 1. The molecule has 0 spiro atoms. The monoisotopic (exact) mass is 324 g/mol. The Kier molecular flexibility index (Phi) is 5.24. The maximum atomic E-state index is 11.8. The lowest BCUT2D eigenvalue weighted by atomic mass is 10.1. The first-order valence-electron chi connectivity index (χ1n) is 4.87. The molecule has 1 amide bonds. The molecule has 1 aliphatic rings. The van der Waals surface area contributed by atoms with Crippen molar-refractivity contribution < 1.29 is 4.79 Å². The standard InChI is InChI=1S/C10H13BrN2OS.ClH/c1-13(7-5-12-6-7)10(14)4-8-2-3-9(11)15-8;/h2-3,7,12H,4-6H2,1H3;1H. The summed E-state index contributed by atoms with van der Waals surface area (Å²) >= 11 is 5.02. The second-order valence-electron chi connectivity index (χ2n) is 3.70. The van der Waals surface area contributed by atoms with Crippen molar-refractivity contribution >= 4 is 45.6 Å². The molecule has 0 radical (unpaired) electrons. The van der Waals surface area contributed by atoms with E-state index >= 15 is 0 Å². The van der Waals surface area contributed by atoms with Gasteiger partial charge in [0.2, 0.25) is 5.91 Å². The third kappa shape index (κ3) is 3.20. The van der Waals surface area contributed by atoms with E-state index in [-0.39, 0.29) is 18.3 Å². The Hall–Kier alpha value is -0.100. The van der Waals surface area contributed by atoms with E-state index in [1.165, 1.54) is 0 Å². The van der Waals surface area contributed by atoms with Gasteiger partial charge in [0.1, 0.15) is 0 Å². The van der Waals surface area contributed by atoms with E-state index in [1.807, 2.05) is 24.1 Å². The number of likely N-dealkylation sites (N-methyl/N-ethyl adjacent to an activating group) is 1. The van der Waals surface area contributed by atoms with Gasteiger partial charge in [0.05, 0.1) is 16.2 Å². The van der Waals surface area contributed by atoms with Crippen LogP contribution in [0.3, 0.4) is 0 Å². The van der Waals surface area contributed by atoms with Crippen molar-refractivity contribution in [1.29, 1.82) is 0 Å². The first-order chi connectivity index (χ1) is 7.16. The average molecular weight is 326 g/mol. The summed E-state index contributed by atoms with van der Waals surface area (Å²) in [7, 11) is 1.89. The fraction of sp³-hybridized carbons (Fsp3) is 0.500. The Morgan fingerprint density at radius 3 is 2.75 bits per heavy atom. The SMILES string of the molecule is CN(C(=O)Cc1ccc(Br)s1)C1CNC1.Cl. The van der Waals surface area contributed by atoms with Crippen molar-refractivity contribution in [2.45, 2.75) is 12.5 Å². The topological polar surface area (TPSA) is 32.3 Å². The van der Waals surface area contributed by atoms with E-state index in [0.29, 0.717) is 12.5 Å². The predicted molar refractivity (Wildman–Crippen MR) is 72.4 cm³/mol. The van der Waals surface area contributed by atoms with Gasteiger partial charge in [-0.3, -0.25) is 4.79 Å². The highest BCUT2D eigenvalue weighted by molar-refractivity contribution is 9.11. The van der Waals surface area contributed by atoms with Crippen molar-refractivity contribution in [3.63, 3.8) is 0 Å². The normalized spacial score (nSPS) is 15.1. The molecular weight excluding hydrogens is 312 g/mol. The molecule has 16 heavy (non-hydrogen) atoms. The number of hydrogen-bond acceptors (Lipinski definition) is 3. The molecule has 1 aromatic rings. The molecule has 1 fully saturated rings. The zero-order chi connectivity index (χ0) is 10.8. The molecular formula is C10H14BrClN2OS. The van der Waals surface area contributed by atoms with Gasteiger partial charge in [-0.1, -0.05) is 0 Å². The second kappa shape index (κ2) is 6.00. The van der Waals surface area contributed by atoms with Gasteiger partial charge in [0.25, 0.3) is 0 Å². The van der Waals surface area contributed by atoms with Crippen LogP contribution in [0.2, 0.25) is 0 Å². The van der Waals surface area contributed by atoms with E-state index in [4.69, 9.17) is 0 Å². The number of thiophene rings is 1. The largest absolute Gasteiger partial charge is 0.340 e. The fourth-order valence-corrected chi connectivity index (χ4v) is 2.95. The quantitative estimate of drug-likeness (QED) is 0.921. The van der Waals surface area contributed by atoms with Gasteiger partial charge in [-0.2, -0.15) is 0 Å². The zero-order valence-electron chi connectivity index (χ0n) is 8.90. The van der Waals surface area contributed by atoms with Crippen LogP contribution in [0.5, 0.6) is 0 Å². The van der Waals surface area contributed by atoms with Crippen LogP contribution < -0.4 is 5.32 Å². The van der Waals surface area contributed by atoms with E-state index in [1.54, 1.807) is 11.3 Å². The van der Waals surface area contributed by atoms with Gasteiger partial charge in [0, 0.05) is 25.0 Å². The van der Waals surface area contributed by atoms with E-state index in [0.717, 1.165) is 21.8 Å². The van der Waals surface area contributed by atoms with E-state index in [9.17, 15) is 4.79 Å². The summed E-state index contributed by atoms with van der Waals surface area (Å²) in [4.78, 5) is 14.8. The lowest BCUT2D eigenvalue weighted by Crippen LogP contribution is -2.57. The van der Waals surface area contributed by atoms with Crippen LogP contribution in [0.15, 0.2) is 15.9 Å². The van der Waals surface area contributed by atoms with Crippen LogP contribution in [0.25, 0.3) is 0 Å². The van der Waals surface area contributed by atoms with Crippen molar-refractivity contribution in [2.75, 3.05) is 20.1 Å². The number of rotatable bonds is 3. The third-order valence-electron chi connectivity index (χ3n) is 2.66. The van der Waals surface area contributed by atoms with Crippen molar-refractivity contribution in [3.05, 3.63) is 20.8 Å². The van der Waals surface area contributed by atoms with Crippen LogP contribution >= 0.6 is 39.7 Å². The number of nitrogens with one attached hydrogen (secondary N) is 1. The smallest absolute Gasteiger partial charge is 0.227 e. The van der Waals surface area contributed by atoms with Gasteiger partial charge in [-0.15, -0.1) is 23.7 Å². The molecule has 2 heterocycles. The maximum absolute atomic E-state index is 11.8. The summed E-state index contributed by atoms with van der Waals surface area (Å²) in [5, 5.41) is 3.17. The predicted octanol–water partition coefficient (Wildman–Crippen LogP) is 1.91. The first kappa shape index (κ1) is 14.0. The highest BCUT2D eigenvalue weighted by atomic mass is 79.9. The summed E-state index contributed by atoms with van der Waals surface area (Å²) in [5.74, 6) is 0.204. The summed E-state index contributed by atoms with van der Waals surface area (Å²) in [6.07, 6.45) is 0.517. The van der Waals surface area contributed by atoms with E-state index in [2.05, 4.69) is 21.2 Å². The molecule has 3 nitrogen and oxygen atoms in total. The lowest BCUT2D eigenvalue weighted by molar-refractivity contribution is -0.132. The van der Waals surface area contributed by atoms with Gasteiger partial charge >= 0.3 is 0 Å². The van der Waals surface area contributed by atoms with Crippen molar-refractivity contribution in [3.8, 4) is 0 Å². The number of nitrogens with zero attached hydrogens (tertiary/aromatic N) is 1. The van der Waals surface area contributed by atoms with Crippen LogP contribution in [-0.2, 0) is 11.2 Å². The second-order valence-corrected chi connectivity index (χ2v) is 6.25. The van der Waals surface area contributed by atoms with Crippen molar-refractivity contribution in [2.24, 2.45) is 0 Å². The Morgan fingerprint density at radius 1 is 1.62 bits per heavy atom. The van der Waals surface area contributed by atoms with Crippen molar-refractivity contribution in [1.82, 2.24) is 10.2 Å².